The number of hydrogen-bond acceptors (Lipinski definition) is 3. The Morgan fingerprint density at radius 1 is 1.44 bits per heavy atom. The Morgan fingerprint density at radius 2 is 2.25 bits per heavy atom. The molecular formula is C12H19N3O. The second kappa shape index (κ2) is 5.25. The van der Waals surface area contributed by atoms with Gasteiger partial charge < -0.3 is 5.32 Å². The highest BCUT2D eigenvalue weighted by molar-refractivity contribution is 4.96. The first-order valence-corrected chi connectivity index (χ1v) is 6.04. The molecule has 0 aromatic carbocycles. The van der Waals surface area contributed by atoms with Gasteiger partial charge in [0.05, 0.1) is 5.69 Å². The molecule has 1 aromatic heterocycles. The highest BCUT2D eigenvalue weighted by atomic mass is 16.1. The predicted octanol–water partition coefficient (Wildman–Crippen LogP) is 1.08. The average molecular weight is 221 g/mol. The number of nitrogens with one attached hydrogen (secondary N) is 1. The summed E-state index contributed by atoms with van der Waals surface area (Å²) in [4.78, 5) is 11.4. The van der Waals surface area contributed by atoms with E-state index in [1.165, 1.54) is 12.8 Å². The summed E-state index contributed by atoms with van der Waals surface area (Å²) in [7, 11) is 0. The van der Waals surface area contributed by atoms with Gasteiger partial charge in [0.15, 0.2) is 0 Å². The average Bonchev–Trinajstić information content (AvgIpc) is 3.06. The van der Waals surface area contributed by atoms with Crippen molar-refractivity contribution in [3.63, 3.8) is 0 Å². The minimum Gasteiger partial charge on any atom is -0.314 e. The van der Waals surface area contributed by atoms with Gasteiger partial charge in [0.25, 0.3) is 5.56 Å². The third kappa shape index (κ3) is 3.45. The molecule has 0 spiro atoms. The summed E-state index contributed by atoms with van der Waals surface area (Å²) in [6, 6.07) is 4.12. The van der Waals surface area contributed by atoms with E-state index in [0.29, 0.717) is 0 Å². The number of hydrogen-bond donors (Lipinski definition) is 1. The lowest BCUT2D eigenvalue weighted by atomic mass is 10.3. The molecule has 2 rings (SSSR count). The molecule has 16 heavy (non-hydrogen) atoms. The minimum absolute atomic E-state index is 0.000696. The third-order valence-corrected chi connectivity index (χ3v) is 2.81. The number of nitrogens with zero attached hydrogens (tertiary/aromatic N) is 2. The Balaban J connectivity index is 1.71. The van der Waals surface area contributed by atoms with Crippen molar-refractivity contribution in [2.75, 3.05) is 6.54 Å². The molecular weight excluding hydrogens is 202 g/mol. The second-order valence-electron chi connectivity index (χ2n) is 4.47. The van der Waals surface area contributed by atoms with Crippen molar-refractivity contribution >= 4 is 0 Å². The van der Waals surface area contributed by atoms with Crippen LogP contribution in [0.15, 0.2) is 16.9 Å². The van der Waals surface area contributed by atoms with E-state index in [9.17, 15) is 4.79 Å². The first-order valence-electron chi connectivity index (χ1n) is 6.04. The van der Waals surface area contributed by atoms with Crippen LogP contribution >= 0.6 is 0 Å². The lowest BCUT2D eigenvalue weighted by Crippen LogP contribution is -2.23. The zero-order valence-corrected chi connectivity index (χ0v) is 9.78. The SMILES string of the molecule is Cc1ccc(=O)n(CCCCNC2CC2)n1. The summed E-state index contributed by atoms with van der Waals surface area (Å²) >= 11 is 0. The standard InChI is InChI=1S/C12H19N3O/c1-10-4-7-12(16)15(14-10)9-3-2-8-13-11-5-6-11/h4,7,11,13H,2-3,5-6,8-9H2,1H3. The first kappa shape index (κ1) is 11.3. The molecule has 0 unspecified atom stereocenters. The van der Waals surface area contributed by atoms with Gasteiger partial charge >= 0.3 is 0 Å². The number of aryl methyl sites for hydroxylation is 2. The molecule has 0 radical (unpaired) electrons. The van der Waals surface area contributed by atoms with Crippen molar-refractivity contribution in [1.82, 2.24) is 15.1 Å². The van der Waals surface area contributed by atoms with Crippen LogP contribution in [0.5, 0.6) is 0 Å². The molecule has 1 heterocycles. The van der Waals surface area contributed by atoms with E-state index in [0.717, 1.165) is 37.7 Å². The summed E-state index contributed by atoms with van der Waals surface area (Å²) < 4.78 is 1.56. The van der Waals surface area contributed by atoms with Crippen LogP contribution in [0.3, 0.4) is 0 Å². The highest BCUT2D eigenvalue weighted by Gasteiger charge is 2.19. The van der Waals surface area contributed by atoms with Crippen LogP contribution in [0.4, 0.5) is 0 Å². The van der Waals surface area contributed by atoms with Crippen molar-refractivity contribution < 1.29 is 0 Å². The van der Waals surface area contributed by atoms with E-state index >= 15 is 0 Å². The molecule has 4 nitrogen and oxygen atoms in total. The molecule has 1 aliphatic carbocycles. The van der Waals surface area contributed by atoms with Crippen LogP contribution in [0, 0.1) is 6.92 Å². The largest absolute Gasteiger partial charge is 0.314 e. The second-order valence-corrected chi connectivity index (χ2v) is 4.47. The smallest absolute Gasteiger partial charge is 0.266 e. The molecule has 0 bridgehead atoms. The van der Waals surface area contributed by atoms with Crippen molar-refractivity contribution in [2.24, 2.45) is 0 Å². The lowest BCUT2D eigenvalue weighted by molar-refractivity contribution is 0.511. The van der Waals surface area contributed by atoms with Crippen molar-refractivity contribution in [3.05, 3.63) is 28.2 Å². The van der Waals surface area contributed by atoms with E-state index in [4.69, 9.17) is 0 Å². The molecule has 88 valence electrons. The zero-order valence-electron chi connectivity index (χ0n) is 9.78. The maximum atomic E-state index is 11.4. The normalized spacial score (nSPS) is 15.3. The Labute approximate surface area is 95.7 Å². The van der Waals surface area contributed by atoms with E-state index in [1.807, 2.05) is 6.92 Å². The fraction of sp³-hybridized carbons (Fsp3) is 0.667. The topological polar surface area (TPSA) is 46.9 Å². The van der Waals surface area contributed by atoms with E-state index in [2.05, 4.69) is 10.4 Å². The first-order chi connectivity index (χ1) is 7.75. The molecule has 4 heteroatoms. The van der Waals surface area contributed by atoms with Gasteiger partial charge in [-0.2, -0.15) is 5.10 Å². The molecule has 1 fully saturated rings. The van der Waals surface area contributed by atoms with Crippen LogP contribution in [0.25, 0.3) is 0 Å². The van der Waals surface area contributed by atoms with Gasteiger partial charge in [-0.15, -0.1) is 0 Å². The summed E-state index contributed by atoms with van der Waals surface area (Å²) in [6.45, 7) is 3.70. The highest BCUT2D eigenvalue weighted by Crippen LogP contribution is 2.18. The van der Waals surface area contributed by atoms with Crippen LogP contribution in [-0.2, 0) is 6.54 Å². The molecule has 1 aliphatic rings. The van der Waals surface area contributed by atoms with Gasteiger partial charge in [-0.05, 0) is 45.2 Å². The van der Waals surface area contributed by atoms with Crippen LogP contribution in [0.1, 0.15) is 31.4 Å². The fourth-order valence-electron chi connectivity index (χ4n) is 1.69. The van der Waals surface area contributed by atoms with Crippen LogP contribution in [-0.4, -0.2) is 22.4 Å². The minimum atomic E-state index is 0.000696. The van der Waals surface area contributed by atoms with E-state index < -0.39 is 0 Å². The molecule has 0 aliphatic heterocycles. The van der Waals surface area contributed by atoms with Gasteiger partial charge in [0, 0.05) is 18.7 Å². The number of rotatable bonds is 6. The maximum Gasteiger partial charge on any atom is 0.266 e. The van der Waals surface area contributed by atoms with Crippen molar-refractivity contribution in [1.29, 1.82) is 0 Å². The number of aromatic nitrogens is 2. The Bertz CT molecular complexity index is 395. The van der Waals surface area contributed by atoms with Gasteiger partial charge in [-0.1, -0.05) is 0 Å². The summed E-state index contributed by atoms with van der Waals surface area (Å²) in [5, 5.41) is 7.66. The number of unbranched alkanes of at least 4 members (excludes halogenated alkanes) is 1. The van der Waals surface area contributed by atoms with E-state index in [1.54, 1.807) is 16.8 Å². The fourth-order valence-corrected chi connectivity index (χ4v) is 1.69. The molecule has 1 N–H and O–H groups in total. The van der Waals surface area contributed by atoms with Gasteiger partial charge in [-0.25, -0.2) is 4.68 Å². The van der Waals surface area contributed by atoms with Crippen molar-refractivity contribution in [3.8, 4) is 0 Å². The Morgan fingerprint density at radius 3 is 3.00 bits per heavy atom. The predicted molar refractivity (Wildman–Crippen MR) is 63.5 cm³/mol. The maximum absolute atomic E-state index is 11.4. The molecule has 0 amide bonds. The Kier molecular flexibility index (Phi) is 3.72. The monoisotopic (exact) mass is 221 g/mol. The summed E-state index contributed by atoms with van der Waals surface area (Å²) in [5.74, 6) is 0. The summed E-state index contributed by atoms with van der Waals surface area (Å²) in [6.07, 6.45) is 4.78. The third-order valence-electron chi connectivity index (χ3n) is 2.81. The quantitative estimate of drug-likeness (QED) is 0.731. The molecule has 0 saturated heterocycles. The van der Waals surface area contributed by atoms with E-state index in [-0.39, 0.29) is 5.56 Å². The summed E-state index contributed by atoms with van der Waals surface area (Å²) in [5.41, 5.74) is 0.899. The molecule has 1 saturated carbocycles. The van der Waals surface area contributed by atoms with Gasteiger partial charge in [0.1, 0.15) is 0 Å². The van der Waals surface area contributed by atoms with Crippen molar-refractivity contribution in [2.45, 2.75) is 45.2 Å². The molecule has 1 aromatic rings. The van der Waals surface area contributed by atoms with Crippen LogP contribution < -0.4 is 10.9 Å². The lowest BCUT2D eigenvalue weighted by Gasteiger charge is -2.05. The zero-order chi connectivity index (χ0) is 11.4. The van der Waals surface area contributed by atoms with Crippen LogP contribution in [0.2, 0.25) is 0 Å². The molecule has 0 atom stereocenters. The Hall–Kier alpha value is -1.16. The van der Waals surface area contributed by atoms with Gasteiger partial charge in [-0.3, -0.25) is 4.79 Å². The van der Waals surface area contributed by atoms with Gasteiger partial charge in [0.2, 0.25) is 0 Å².